The van der Waals surface area contributed by atoms with Gasteiger partial charge in [-0.05, 0) is 37.1 Å². The molecule has 2 aromatic rings. The van der Waals surface area contributed by atoms with Crippen molar-refractivity contribution in [2.24, 2.45) is 10.7 Å². The van der Waals surface area contributed by atoms with Crippen LogP contribution in [0.15, 0.2) is 59.6 Å². The lowest BCUT2D eigenvalue weighted by Gasteiger charge is -2.35. The lowest BCUT2D eigenvalue weighted by Crippen LogP contribution is -2.41. The molecule has 1 fully saturated rings. The van der Waals surface area contributed by atoms with Crippen molar-refractivity contribution in [3.05, 3.63) is 60.2 Å². The Labute approximate surface area is 179 Å². The van der Waals surface area contributed by atoms with E-state index in [-0.39, 0.29) is 24.0 Å². The topological polar surface area (TPSA) is 62.9 Å². The first-order valence-corrected chi connectivity index (χ1v) is 9.24. The Morgan fingerprint density at radius 2 is 1.89 bits per heavy atom. The van der Waals surface area contributed by atoms with E-state index in [9.17, 15) is 0 Å². The van der Waals surface area contributed by atoms with Crippen LogP contribution in [0.25, 0.3) is 0 Å². The molecule has 1 atom stereocenters. The number of likely N-dealkylation sites (tertiary alicyclic amines) is 1. The van der Waals surface area contributed by atoms with Crippen LogP contribution in [0.4, 0.5) is 5.69 Å². The molecule has 1 aliphatic heterocycles. The Morgan fingerprint density at radius 1 is 1.15 bits per heavy atom. The lowest BCUT2D eigenvalue weighted by molar-refractivity contribution is 0.145. The highest BCUT2D eigenvalue weighted by Crippen LogP contribution is 2.23. The molecule has 27 heavy (non-hydrogen) atoms. The number of nitrogens with two attached hydrogens (primary N) is 1. The highest BCUT2D eigenvalue weighted by Gasteiger charge is 2.22. The third-order valence-electron chi connectivity index (χ3n) is 4.82. The fourth-order valence-corrected chi connectivity index (χ4v) is 3.42. The quantitative estimate of drug-likeness (QED) is 0.372. The van der Waals surface area contributed by atoms with E-state index in [1.165, 1.54) is 18.4 Å². The van der Waals surface area contributed by atoms with Crippen molar-refractivity contribution in [2.75, 3.05) is 25.5 Å². The molecular weight excluding hydrogens is 451 g/mol. The van der Waals surface area contributed by atoms with E-state index < -0.39 is 0 Å². The molecule has 1 saturated heterocycles. The van der Waals surface area contributed by atoms with Crippen molar-refractivity contribution in [2.45, 2.75) is 31.8 Å². The summed E-state index contributed by atoms with van der Waals surface area (Å²) >= 11 is 0. The average molecular weight is 480 g/mol. The highest BCUT2D eigenvalue weighted by atomic mass is 127. The number of nitrogens with one attached hydrogen (secondary N) is 1. The highest BCUT2D eigenvalue weighted by molar-refractivity contribution is 14.0. The van der Waals surface area contributed by atoms with Gasteiger partial charge in [-0.15, -0.1) is 24.0 Å². The van der Waals surface area contributed by atoms with Gasteiger partial charge in [-0.25, -0.2) is 0 Å². The second-order valence-corrected chi connectivity index (χ2v) is 6.66. The van der Waals surface area contributed by atoms with E-state index in [4.69, 9.17) is 10.5 Å². The Bertz CT molecular complexity index is 723. The van der Waals surface area contributed by atoms with Gasteiger partial charge in [0.15, 0.2) is 5.96 Å². The van der Waals surface area contributed by atoms with Crippen LogP contribution in [0.2, 0.25) is 0 Å². The van der Waals surface area contributed by atoms with E-state index in [0.717, 1.165) is 30.9 Å². The maximum atomic E-state index is 6.11. The second kappa shape index (κ2) is 11.1. The molecule has 0 aromatic heterocycles. The Hall–Kier alpha value is -1.80. The predicted octanol–water partition coefficient (Wildman–Crippen LogP) is 4.09. The molecular formula is C21H29IN4O. The van der Waals surface area contributed by atoms with Crippen LogP contribution in [-0.4, -0.2) is 37.1 Å². The fourth-order valence-electron chi connectivity index (χ4n) is 3.42. The molecule has 1 heterocycles. The van der Waals surface area contributed by atoms with Gasteiger partial charge in [-0.2, -0.15) is 0 Å². The minimum Gasteiger partial charge on any atom is -0.495 e. The number of aliphatic imine (C=N–C) groups is 1. The number of para-hydroxylation sites is 2. The number of rotatable bonds is 6. The minimum absolute atomic E-state index is 0. The summed E-state index contributed by atoms with van der Waals surface area (Å²) in [6, 6.07) is 18.8. The molecule has 0 aliphatic carbocycles. The molecule has 0 bridgehead atoms. The monoisotopic (exact) mass is 480 g/mol. The molecule has 0 spiro atoms. The Kier molecular flexibility index (Phi) is 8.87. The largest absolute Gasteiger partial charge is 0.495 e. The zero-order valence-corrected chi connectivity index (χ0v) is 18.1. The van der Waals surface area contributed by atoms with Gasteiger partial charge in [0.2, 0.25) is 0 Å². The van der Waals surface area contributed by atoms with Crippen LogP contribution in [0.5, 0.6) is 5.75 Å². The van der Waals surface area contributed by atoms with Crippen LogP contribution in [0.1, 0.15) is 24.8 Å². The van der Waals surface area contributed by atoms with E-state index in [1.807, 2.05) is 24.3 Å². The molecule has 1 unspecified atom stereocenters. The number of piperidine rings is 1. The summed E-state index contributed by atoms with van der Waals surface area (Å²) in [6.45, 7) is 2.80. The van der Waals surface area contributed by atoms with E-state index >= 15 is 0 Å². The van der Waals surface area contributed by atoms with Gasteiger partial charge in [0.05, 0.1) is 19.3 Å². The molecule has 5 nitrogen and oxygen atoms in total. The molecule has 1 aliphatic rings. The smallest absolute Gasteiger partial charge is 0.193 e. The summed E-state index contributed by atoms with van der Waals surface area (Å²) in [5, 5.41) is 3.15. The van der Waals surface area contributed by atoms with Gasteiger partial charge in [0.25, 0.3) is 0 Å². The van der Waals surface area contributed by atoms with Crippen LogP contribution in [0, 0.1) is 0 Å². The number of nitrogens with zero attached hydrogens (tertiary/aromatic N) is 2. The van der Waals surface area contributed by atoms with E-state index in [0.29, 0.717) is 18.5 Å². The number of benzene rings is 2. The van der Waals surface area contributed by atoms with Crippen molar-refractivity contribution in [1.82, 2.24) is 4.90 Å². The minimum atomic E-state index is 0. The number of ether oxygens (including phenoxy) is 1. The number of anilines is 1. The Morgan fingerprint density at radius 3 is 2.67 bits per heavy atom. The number of halogens is 1. The van der Waals surface area contributed by atoms with Gasteiger partial charge >= 0.3 is 0 Å². The molecule has 3 rings (SSSR count). The van der Waals surface area contributed by atoms with Crippen LogP contribution < -0.4 is 15.8 Å². The maximum absolute atomic E-state index is 6.11. The second-order valence-electron chi connectivity index (χ2n) is 6.66. The van der Waals surface area contributed by atoms with E-state index in [2.05, 4.69) is 45.5 Å². The zero-order valence-electron chi connectivity index (χ0n) is 15.8. The molecule has 3 N–H and O–H groups in total. The summed E-state index contributed by atoms with van der Waals surface area (Å²) in [4.78, 5) is 7.12. The van der Waals surface area contributed by atoms with Crippen molar-refractivity contribution in [3.8, 4) is 5.75 Å². The first kappa shape index (κ1) is 21.5. The average Bonchev–Trinajstić information content (AvgIpc) is 2.68. The normalized spacial score (nSPS) is 17.8. The van der Waals surface area contributed by atoms with Crippen LogP contribution >= 0.6 is 24.0 Å². The third-order valence-corrected chi connectivity index (χ3v) is 4.82. The summed E-state index contributed by atoms with van der Waals surface area (Å²) in [5.41, 5.74) is 8.29. The number of methoxy groups -OCH3 is 1. The first-order valence-electron chi connectivity index (χ1n) is 9.24. The van der Waals surface area contributed by atoms with Gasteiger partial charge < -0.3 is 15.8 Å². The molecule has 0 saturated carbocycles. The SMILES string of the molecule is COc1ccccc1NC(N)=NCC1CCCCN1Cc1ccccc1.I. The molecule has 0 amide bonds. The summed E-state index contributed by atoms with van der Waals surface area (Å²) < 4.78 is 5.34. The van der Waals surface area contributed by atoms with Gasteiger partial charge in [0.1, 0.15) is 5.75 Å². The van der Waals surface area contributed by atoms with Crippen LogP contribution in [0.3, 0.4) is 0 Å². The summed E-state index contributed by atoms with van der Waals surface area (Å²) in [5.74, 6) is 1.19. The Balaban J connectivity index is 0.00000261. The molecule has 0 radical (unpaired) electrons. The summed E-state index contributed by atoms with van der Waals surface area (Å²) in [7, 11) is 1.65. The van der Waals surface area contributed by atoms with Gasteiger partial charge in [-0.3, -0.25) is 9.89 Å². The van der Waals surface area contributed by atoms with Crippen molar-refractivity contribution in [3.63, 3.8) is 0 Å². The number of guanidine groups is 1. The number of hydrogen-bond acceptors (Lipinski definition) is 3. The zero-order chi connectivity index (χ0) is 18.2. The third kappa shape index (κ3) is 6.39. The fraction of sp³-hybridized carbons (Fsp3) is 0.381. The van der Waals surface area contributed by atoms with Crippen molar-refractivity contribution < 1.29 is 4.74 Å². The maximum Gasteiger partial charge on any atom is 0.193 e. The van der Waals surface area contributed by atoms with Gasteiger partial charge in [-0.1, -0.05) is 48.9 Å². The standard InChI is InChI=1S/C21H28N4O.HI/c1-26-20-13-6-5-12-19(20)24-21(22)23-15-18-11-7-8-14-25(18)16-17-9-3-2-4-10-17;/h2-6,9-10,12-13,18H,7-8,11,14-16H2,1H3,(H3,22,23,24);1H. The first-order chi connectivity index (χ1) is 12.8. The molecule has 146 valence electrons. The molecule has 6 heteroatoms. The summed E-state index contributed by atoms with van der Waals surface area (Å²) in [6.07, 6.45) is 3.67. The van der Waals surface area contributed by atoms with Gasteiger partial charge in [0, 0.05) is 12.6 Å². The lowest BCUT2D eigenvalue weighted by atomic mass is 10.0. The van der Waals surface area contributed by atoms with Crippen molar-refractivity contribution >= 4 is 35.6 Å². The predicted molar refractivity (Wildman–Crippen MR) is 123 cm³/mol. The van der Waals surface area contributed by atoms with Crippen molar-refractivity contribution in [1.29, 1.82) is 0 Å². The van der Waals surface area contributed by atoms with Crippen LogP contribution in [-0.2, 0) is 6.54 Å². The number of hydrogen-bond donors (Lipinski definition) is 2. The van der Waals surface area contributed by atoms with E-state index in [1.54, 1.807) is 7.11 Å². The molecule has 2 aromatic carbocycles.